The van der Waals surface area contributed by atoms with Crippen LogP contribution in [0.5, 0.6) is 5.75 Å². The Hall–Kier alpha value is -1.34. The first-order chi connectivity index (χ1) is 7.99. The van der Waals surface area contributed by atoms with E-state index in [1.807, 2.05) is 0 Å². The molecular weight excluding hydrogens is 247 g/mol. The molecule has 0 saturated carbocycles. The maximum atomic E-state index is 12.7. The molecule has 0 aromatic heterocycles. The molecule has 1 aliphatic rings. The van der Waals surface area contributed by atoms with Gasteiger partial charge in [-0.2, -0.15) is 12.7 Å². The predicted octanol–water partition coefficient (Wildman–Crippen LogP) is 1.28. The molecule has 1 saturated heterocycles. The lowest BCUT2D eigenvalue weighted by atomic mass is 10.3. The summed E-state index contributed by atoms with van der Waals surface area (Å²) in [5, 5.41) is 9.41. The second-order valence-electron chi connectivity index (χ2n) is 3.87. The van der Waals surface area contributed by atoms with Crippen molar-refractivity contribution in [2.45, 2.75) is 12.8 Å². The average Bonchev–Trinajstić information content (AvgIpc) is 2.76. The van der Waals surface area contributed by atoms with Crippen molar-refractivity contribution in [2.24, 2.45) is 0 Å². The maximum Gasteiger partial charge on any atom is 0.301 e. The van der Waals surface area contributed by atoms with Crippen LogP contribution in [-0.2, 0) is 10.2 Å². The fraction of sp³-hybridized carbons (Fsp3) is 0.400. The SMILES string of the molecule is O=S(=O)(Nc1ccc(F)cc1O)N1CCCC1. The Bertz CT molecular complexity index is 512. The van der Waals surface area contributed by atoms with Crippen LogP contribution in [-0.4, -0.2) is 30.9 Å². The minimum atomic E-state index is -3.65. The molecule has 0 radical (unpaired) electrons. The molecule has 0 bridgehead atoms. The Labute approximate surface area is 99.1 Å². The quantitative estimate of drug-likeness (QED) is 0.804. The highest BCUT2D eigenvalue weighted by Crippen LogP contribution is 2.26. The molecule has 1 aliphatic heterocycles. The van der Waals surface area contributed by atoms with Gasteiger partial charge >= 0.3 is 10.2 Å². The highest BCUT2D eigenvalue weighted by molar-refractivity contribution is 7.90. The summed E-state index contributed by atoms with van der Waals surface area (Å²) in [4.78, 5) is 0. The standard InChI is InChI=1S/C10H13FN2O3S/c11-8-3-4-9(10(14)7-8)12-17(15,16)13-5-1-2-6-13/h3-4,7,12,14H,1-2,5-6H2. The first-order valence-corrected chi connectivity index (χ1v) is 6.69. The van der Waals surface area contributed by atoms with Crippen LogP contribution in [0.25, 0.3) is 0 Å². The molecule has 0 amide bonds. The summed E-state index contributed by atoms with van der Waals surface area (Å²) in [6, 6.07) is 3.14. The molecule has 2 N–H and O–H groups in total. The monoisotopic (exact) mass is 260 g/mol. The third-order valence-electron chi connectivity index (χ3n) is 2.60. The minimum Gasteiger partial charge on any atom is -0.506 e. The lowest BCUT2D eigenvalue weighted by Gasteiger charge is -2.17. The third kappa shape index (κ3) is 2.67. The van der Waals surface area contributed by atoms with Gasteiger partial charge < -0.3 is 5.11 Å². The van der Waals surface area contributed by atoms with Gasteiger partial charge in [-0.15, -0.1) is 0 Å². The van der Waals surface area contributed by atoms with E-state index >= 15 is 0 Å². The molecule has 2 rings (SSSR count). The van der Waals surface area contributed by atoms with E-state index in [1.54, 1.807) is 0 Å². The van der Waals surface area contributed by atoms with E-state index in [-0.39, 0.29) is 5.69 Å². The zero-order valence-electron chi connectivity index (χ0n) is 9.06. The van der Waals surface area contributed by atoms with Crippen LogP contribution >= 0.6 is 0 Å². The topological polar surface area (TPSA) is 69.6 Å². The number of anilines is 1. The number of hydrogen-bond donors (Lipinski definition) is 2. The van der Waals surface area contributed by atoms with Gasteiger partial charge in [-0.25, -0.2) is 4.39 Å². The number of nitrogens with one attached hydrogen (secondary N) is 1. The van der Waals surface area contributed by atoms with E-state index in [0.717, 1.165) is 25.0 Å². The van der Waals surface area contributed by atoms with Gasteiger partial charge in [-0.3, -0.25) is 4.72 Å². The number of phenolic OH excluding ortho intramolecular Hbond substituents is 1. The minimum absolute atomic E-state index is 0.0155. The number of halogens is 1. The molecule has 7 heteroatoms. The highest BCUT2D eigenvalue weighted by Gasteiger charge is 2.25. The highest BCUT2D eigenvalue weighted by atomic mass is 32.2. The molecule has 1 fully saturated rings. The normalized spacial score (nSPS) is 17.2. The van der Waals surface area contributed by atoms with Crippen LogP contribution in [0.2, 0.25) is 0 Å². The van der Waals surface area contributed by atoms with Gasteiger partial charge in [0.2, 0.25) is 0 Å². The molecule has 5 nitrogen and oxygen atoms in total. The average molecular weight is 260 g/mol. The van der Waals surface area contributed by atoms with E-state index in [4.69, 9.17) is 0 Å². The number of hydrogen-bond acceptors (Lipinski definition) is 3. The summed E-state index contributed by atoms with van der Waals surface area (Å²) in [7, 11) is -3.65. The van der Waals surface area contributed by atoms with Gasteiger partial charge in [0.25, 0.3) is 0 Å². The molecule has 0 atom stereocenters. The third-order valence-corrected chi connectivity index (χ3v) is 4.13. The molecule has 0 aliphatic carbocycles. The van der Waals surface area contributed by atoms with Gasteiger partial charge in [0.15, 0.2) is 0 Å². The molecule has 1 heterocycles. The van der Waals surface area contributed by atoms with Crippen molar-refractivity contribution in [3.8, 4) is 5.75 Å². The molecular formula is C10H13FN2O3S. The first kappa shape index (κ1) is 12.1. The van der Waals surface area contributed by atoms with Gasteiger partial charge in [-0.05, 0) is 25.0 Å². The summed E-state index contributed by atoms with van der Waals surface area (Å²) in [6.07, 6.45) is 1.66. The Kier molecular flexibility index (Phi) is 3.21. The van der Waals surface area contributed by atoms with Crippen molar-refractivity contribution in [3.05, 3.63) is 24.0 Å². The summed E-state index contributed by atoms with van der Waals surface area (Å²) in [6.45, 7) is 0.939. The van der Waals surface area contributed by atoms with Crippen molar-refractivity contribution >= 4 is 15.9 Å². The Morgan fingerprint density at radius 2 is 1.94 bits per heavy atom. The Morgan fingerprint density at radius 1 is 1.29 bits per heavy atom. The smallest absolute Gasteiger partial charge is 0.301 e. The number of nitrogens with zero attached hydrogens (tertiary/aromatic N) is 1. The van der Waals surface area contributed by atoms with Crippen LogP contribution in [0.4, 0.5) is 10.1 Å². The molecule has 0 spiro atoms. The van der Waals surface area contributed by atoms with Gasteiger partial charge in [-0.1, -0.05) is 0 Å². The predicted molar refractivity (Wildman–Crippen MR) is 61.4 cm³/mol. The molecule has 1 aromatic carbocycles. The van der Waals surface area contributed by atoms with Crippen LogP contribution < -0.4 is 4.72 Å². The summed E-state index contributed by atoms with van der Waals surface area (Å²) < 4.78 is 40.0. The summed E-state index contributed by atoms with van der Waals surface area (Å²) >= 11 is 0. The van der Waals surface area contributed by atoms with E-state index in [0.29, 0.717) is 13.1 Å². The molecule has 0 unspecified atom stereocenters. The summed E-state index contributed by atoms with van der Waals surface area (Å²) in [5.74, 6) is -1.04. The molecule has 94 valence electrons. The number of rotatable bonds is 3. The van der Waals surface area contributed by atoms with Crippen LogP contribution in [0.1, 0.15) is 12.8 Å². The maximum absolute atomic E-state index is 12.7. The van der Waals surface area contributed by atoms with Crippen molar-refractivity contribution in [1.29, 1.82) is 0 Å². The van der Waals surface area contributed by atoms with E-state index in [1.165, 1.54) is 10.4 Å². The Morgan fingerprint density at radius 3 is 2.53 bits per heavy atom. The number of phenols is 1. The zero-order valence-corrected chi connectivity index (χ0v) is 9.87. The fourth-order valence-corrected chi connectivity index (χ4v) is 3.04. The van der Waals surface area contributed by atoms with Crippen molar-refractivity contribution in [1.82, 2.24) is 4.31 Å². The van der Waals surface area contributed by atoms with Crippen LogP contribution in [0.3, 0.4) is 0 Å². The van der Waals surface area contributed by atoms with E-state index in [9.17, 15) is 17.9 Å². The molecule has 1 aromatic rings. The lowest BCUT2D eigenvalue weighted by molar-refractivity contribution is 0.468. The van der Waals surface area contributed by atoms with Crippen LogP contribution in [0.15, 0.2) is 18.2 Å². The van der Waals surface area contributed by atoms with Gasteiger partial charge in [0.05, 0.1) is 5.69 Å². The number of aromatic hydroxyl groups is 1. The van der Waals surface area contributed by atoms with Crippen LogP contribution in [0, 0.1) is 5.82 Å². The Balaban J connectivity index is 2.19. The molecule has 17 heavy (non-hydrogen) atoms. The number of benzene rings is 1. The van der Waals surface area contributed by atoms with E-state index < -0.39 is 21.8 Å². The van der Waals surface area contributed by atoms with Crippen molar-refractivity contribution in [2.75, 3.05) is 17.8 Å². The van der Waals surface area contributed by atoms with Crippen molar-refractivity contribution < 1.29 is 17.9 Å². The second-order valence-corrected chi connectivity index (χ2v) is 5.55. The lowest BCUT2D eigenvalue weighted by Crippen LogP contribution is -2.33. The first-order valence-electron chi connectivity index (χ1n) is 5.25. The van der Waals surface area contributed by atoms with Gasteiger partial charge in [0, 0.05) is 19.2 Å². The van der Waals surface area contributed by atoms with Crippen molar-refractivity contribution in [3.63, 3.8) is 0 Å². The largest absolute Gasteiger partial charge is 0.506 e. The zero-order chi connectivity index (χ0) is 12.5. The van der Waals surface area contributed by atoms with E-state index in [2.05, 4.69) is 4.72 Å². The fourth-order valence-electron chi connectivity index (χ4n) is 1.72. The van der Waals surface area contributed by atoms with Gasteiger partial charge in [0.1, 0.15) is 11.6 Å². The second kappa shape index (κ2) is 4.50. The summed E-state index contributed by atoms with van der Waals surface area (Å²) in [5.41, 5.74) is -0.0155.